The van der Waals surface area contributed by atoms with Crippen molar-refractivity contribution in [3.8, 4) is 0 Å². The zero-order valence-electron chi connectivity index (χ0n) is 11.8. The lowest BCUT2D eigenvalue weighted by molar-refractivity contribution is -0.140. The number of imide groups is 1. The molecule has 1 aliphatic carbocycles. The number of carboxylic acid groups (broad SMARTS) is 1. The first kappa shape index (κ1) is 13.9. The number of carboxylic acids is 1. The van der Waals surface area contributed by atoms with Crippen molar-refractivity contribution in [1.29, 1.82) is 0 Å². The molecule has 2 fully saturated rings. The summed E-state index contributed by atoms with van der Waals surface area (Å²) in [5, 5.41) is 9.00. The first-order chi connectivity index (χ1) is 9.99. The summed E-state index contributed by atoms with van der Waals surface area (Å²) in [5.74, 6) is -1.12. The van der Waals surface area contributed by atoms with E-state index >= 15 is 0 Å². The number of furan rings is 1. The first-order valence-corrected chi connectivity index (χ1v) is 7.17. The van der Waals surface area contributed by atoms with Gasteiger partial charge in [0.1, 0.15) is 17.1 Å². The summed E-state index contributed by atoms with van der Waals surface area (Å²) in [5.41, 5.74) is 0.0708. The highest BCUT2D eigenvalue weighted by Gasteiger charge is 2.48. The standard InChI is InChI=1S/C15H17NO5/c1-8-12(15(19)20)6-9(21-8)7-16-13(17)10-4-2-3-5-11(10)14(16)18/h6,10-11H,2-5,7H2,1H3,(H,19,20). The maximum absolute atomic E-state index is 12.3. The number of nitrogens with zero attached hydrogens (tertiary/aromatic N) is 1. The predicted molar refractivity (Wildman–Crippen MR) is 71.4 cm³/mol. The van der Waals surface area contributed by atoms with Crippen LogP contribution in [0.3, 0.4) is 0 Å². The second kappa shape index (κ2) is 5.02. The molecule has 2 heterocycles. The Bertz CT molecular complexity index is 594. The van der Waals surface area contributed by atoms with Gasteiger partial charge in [0, 0.05) is 0 Å². The van der Waals surface area contributed by atoms with Crippen LogP contribution in [0.25, 0.3) is 0 Å². The van der Waals surface area contributed by atoms with Gasteiger partial charge >= 0.3 is 5.97 Å². The number of fused-ring (bicyclic) bond motifs is 1. The fourth-order valence-corrected chi connectivity index (χ4v) is 3.38. The van der Waals surface area contributed by atoms with Gasteiger partial charge in [0.2, 0.25) is 11.8 Å². The smallest absolute Gasteiger partial charge is 0.339 e. The van der Waals surface area contributed by atoms with Crippen molar-refractivity contribution in [2.75, 3.05) is 0 Å². The average molecular weight is 291 g/mol. The quantitative estimate of drug-likeness (QED) is 0.860. The summed E-state index contributed by atoms with van der Waals surface area (Å²) in [4.78, 5) is 36.9. The van der Waals surface area contributed by atoms with E-state index in [1.54, 1.807) is 6.92 Å². The van der Waals surface area contributed by atoms with Crippen molar-refractivity contribution in [2.45, 2.75) is 39.2 Å². The largest absolute Gasteiger partial charge is 0.478 e. The van der Waals surface area contributed by atoms with E-state index in [2.05, 4.69) is 0 Å². The van der Waals surface area contributed by atoms with Gasteiger partial charge in [-0.05, 0) is 25.8 Å². The third kappa shape index (κ3) is 2.24. The van der Waals surface area contributed by atoms with Gasteiger partial charge in [-0.25, -0.2) is 4.79 Å². The SMILES string of the molecule is Cc1oc(CN2C(=O)C3CCCCC3C2=O)cc1C(=O)O. The van der Waals surface area contributed by atoms with Crippen LogP contribution in [0, 0.1) is 18.8 Å². The van der Waals surface area contributed by atoms with Crippen LogP contribution in [0.2, 0.25) is 0 Å². The Labute approximate surface area is 121 Å². The Morgan fingerprint density at radius 2 is 1.86 bits per heavy atom. The van der Waals surface area contributed by atoms with Crippen LogP contribution >= 0.6 is 0 Å². The summed E-state index contributed by atoms with van der Waals surface area (Å²) in [7, 11) is 0. The van der Waals surface area contributed by atoms with Crippen LogP contribution in [-0.4, -0.2) is 27.8 Å². The molecule has 0 spiro atoms. The molecule has 2 aliphatic rings. The number of rotatable bonds is 3. The number of aromatic carboxylic acids is 1. The van der Waals surface area contributed by atoms with E-state index in [9.17, 15) is 14.4 Å². The monoisotopic (exact) mass is 291 g/mol. The first-order valence-electron chi connectivity index (χ1n) is 7.17. The molecule has 21 heavy (non-hydrogen) atoms. The third-order valence-corrected chi connectivity index (χ3v) is 4.45. The van der Waals surface area contributed by atoms with Crippen molar-refractivity contribution >= 4 is 17.8 Å². The number of carbonyl (C=O) groups excluding carboxylic acids is 2. The molecule has 1 saturated carbocycles. The number of hydrogen-bond acceptors (Lipinski definition) is 4. The fraction of sp³-hybridized carbons (Fsp3) is 0.533. The van der Waals surface area contributed by atoms with Crippen molar-refractivity contribution in [3.05, 3.63) is 23.2 Å². The minimum absolute atomic E-state index is 0.0266. The lowest BCUT2D eigenvalue weighted by Crippen LogP contribution is -2.30. The fourth-order valence-electron chi connectivity index (χ4n) is 3.38. The van der Waals surface area contributed by atoms with E-state index in [1.807, 2.05) is 0 Å². The molecule has 3 rings (SSSR count). The van der Waals surface area contributed by atoms with Crippen LogP contribution in [0.5, 0.6) is 0 Å². The molecule has 2 unspecified atom stereocenters. The molecule has 1 aliphatic heterocycles. The van der Waals surface area contributed by atoms with Crippen molar-refractivity contribution in [2.24, 2.45) is 11.8 Å². The third-order valence-electron chi connectivity index (χ3n) is 4.45. The Balaban J connectivity index is 1.81. The highest BCUT2D eigenvalue weighted by molar-refractivity contribution is 6.05. The van der Waals surface area contributed by atoms with Gasteiger partial charge < -0.3 is 9.52 Å². The number of likely N-dealkylation sites (tertiary alicyclic amines) is 1. The summed E-state index contributed by atoms with van der Waals surface area (Å²) in [6.07, 6.45) is 3.50. The van der Waals surface area contributed by atoms with Gasteiger partial charge in [0.25, 0.3) is 0 Å². The van der Waals surface area contributed by atoms with E-state index < -0.39 is 5.97 Å². The minimum atomic E-state index is -1.07. The number of aryl methyl sites for hydroxylation is 1. The van der Waals surface area contributed by atoms with E-state index in [0.717, 1.165) is 25.7 Å². The molecule has 6 nitrogen and oxygen atoms in total. The molecular formula is C15H17NO5. The summed E-state index contributed by atoms with van der Waals surface area (Å²) < 4.78 is 5.36. The van der Waals surface area contributed by atoms with Gasteiger partial charge in [0.15, 0.2) is 0 Å². The molecule has 1 saturated heterocycles. The Hall–Kier alpha value is -2.11. The van der Waals surface area contributed by atoms with Crippen molar-refractivity contribution in [3.63, 3.8) is 0 Å². The highest BCUT2D eigenvalue weighted by Crippen LogP contribution is 2.38. The van der Waals surface area contributed by atoms with Gasteiger partial charge in [-0.1, -0.05) is 12.8 Å². The lowest BCUT2D eigenvalue weighted by Gasteiger charge is -2.19. The number of hydrogen-bond donors (Lipinski definition) is 1. The van der Waals surface area contributed by atoms with Crippen molar-refractivity contribution in [1.82, 2.24) is 4.90 Å². The molecule has 1 aromatic rings. The molecule has 0 radical (unpaired) electrons. The second-order valence-electron chi connectivity index (χ2n) is 5.75. The summed E-state index contributed by atoms with van der Waals surface area (Å²) in [6.45, 7) is 1.58. The maximum Gasteiger partial charge on any atom is 0.339 e. The van der Waals surface area contributed by atoms with Crippen LogP contribution < -0.4 is 0 Å². The predicted octanol–water partition coefficient (Wildman–Crippen LogP) is 1.96. The summed E-state index contributed by atoms with van der Waals surface area (Å²) >= 11 is 0. The Morgan fingerprint density at radius 3 is 2.33 bits per heavy atom. The second-order valence-corrected chi connectivity index (χ2v) is 5.75. The molecular weight excluding hydrogens is 274 g/mol. The Morgan fingerprint density at radius 1 is 1.29 bits per heavy atom. The molecule has 1 N–H and O–H groups in total. The van der Waals surface area contributed by atoms with E-state index in [0.29, 0.717) is 5.76 Å². The molecule has 6 heteroatoms. The molecule has 0 aromatic carbocycles. The minimum Gasteiger partial charge on any atom is -0.478 e. The molecule has 2 amide bonds. The number of carbonyl (C=O) groups is 3. The highest BCUT2D eigenvalue weighted by atomic mass is 16.4. The van der Waals surface area contributed by atoms with Crippen LogP contribution in [-0.2, 0) is 16.1 Å². The molecule has 112 valence electrons. The summed E-state index contributed by atoms with van der Waals surface area (Å²) in [6, 6.07) is 1.39. The van der Waals surface area contributed by atoms with Crippen LogP contribution in [0.1, 0.15) is 47.6 Å². The van der Waals surface area contributed by atoms with Gasteiger partial charge in [-0.15, -0.1) is 0 Å². The number of amides is 2. The molecule has 0 bridgehead atoms. The zero-order valence-corrected chi connectivity index (χ0v) is 11.8. The average Bonchev–Trinajstić information content (AvgIpc) is 2.94. The van der Waals surface area contributed by atoms with E-state index in [4.69, 9.17) is 9.52 Å². The van der Waals surface area contributed by atoms with Gasteiger partial charge in [0.05, 0.1) is 18.4 Å². The van der Waals surface area contributed by atoms with E-state index in [1.165, 1.54) is 11.0 Å². The lowest BCUT2D eigenvalue weighted by atomic mass is 9.81. The molecule has 1 aromatic heterocycles. The van der Waals surface area contributed by atoms with Crippen molar-refractivity contribution < 1.29 is 23.9 Å². The van der Waals surface area contributed by atoms with Crippen LogP contribution in [0.4, 0.5) is 0 Å². The maximum atomic E-state index is 12.3. The van der Waals surface area contributed by atoms with Gasteiger partial charge in [-0.2, -0.15) is 0 Å². The van der Waals surface area contributed by atoms with E-state index in [-0.39, 0.29) is 41.5 Å². The molecule has 2 atom stereocenters. The zero-order chi connectivity index (χ0) is 15.1. The topological polar surface area (TPSA) is 87.8 Å². The van der Waals surface area contributed by atoms with Gasteiger partial charge in [-0.3, -0.25) is 14.5 Å². The Kier molecular flexibility index (Phi) is 3.31. The normalized spacial score (nSPS) is 25.3. The van der Waals surface area contributed by atoms with Crippen LogP contribution in [0.15, 0.2) is 10.5 Å².